The van der Waals surface area contributed by atoms with Crippen LogP contribution >= 0.6 is 0 Å². The summed E-state index contributed by atoms with van der Waals surface area (Å²) < 4.78 is 42.7. The number of carbonyl (C=O) groups is 2. The van der Waals surface area contributed by atoms with Crippen LogP contribution in [0.3, 0.4) is 0 Å². The summed E-state index contributed by atoms with van der Waals surface area (Å²) in [6.07, 6.45) is -3.11. The smallest absolute Gasteiger partial charge is 0.416 e. The molecule has 1 saturated heterocycles. The van der Waals surface area contributed by atoms with Crippen molar-refractivity contribution < 1.29 is 27.5 Å². The van der Waals surface area contributed by atoms with Gasteiger partial charge in [-0.05, 0) is 42.0 Å². The average molecular weight is 405 g/mol. The van der Waals surface area contributed by atoms with Crippen molar-refractivity contribution in [1.82, 2.24) is 5.43 Å². The van der Waals surface area contributed by atoms with Crippen LogP contribution in [0.1, 0.15) is 17.5 Å². The van der Waals surface area contributed by atoms with Gasteiger partial charge in [0.2, 0.25) is 11.8 Å². The monoisotopic (exact) mass is 405 g/mol. The molecule has 29 heavy (non-hydrogen) atoms. The van der Waals surface area contributed by atoms with E-state index < -0.39 is 23.6 Å². The van der Waals surface area contributed by atoms with Gasteiger partial charge in [0.05, 0.1) is 24.8 Å². The number of hydrogen-bond donors (Lipinski definition) is 1. The van der Waals surface area contributed by atoms with E-state index in [0.29, 0.717) is 17.0 Å². The molecule has 1 fully saturated rings. The molecule has 1 heterocycles. The lowest BCUT2D eigenvalue weighted by Crippen LogP contribution is -2.30. The molecule has 9 heteroatoms. The number of hydrogen-bond acceptors (Lipinski definition) is 4. The van der Waals surface area contributed by atoms with Crippen LogP contribution in [0.2, 0.25) is 0 Å². The Bertz CT molecular complexity index is 909. The van der Waals surface area contributed by atoms with Gasteiger partial charge in [0.25, 0.3) is 0 Å². The molecule has 3 rings (SSSR count). The van der Waals surface area contributed by atoms with Crippen molar-refractivity contribution >= 4 is 23.7 Å². The Morgan fingerprint density at radius 2 is 1.83 bits per heavy atom. The summed E-state index contributed by atoms with van der Waals surface area (Å²) in [6, 6.07) is 11.3. The van der Waals surface area contributed by atoms with Gasteiger partial charge in [-0.3, -0.25) is 9.59 Å². The Kier molecular flexibility index (Phi) is 5.86. The maximum Gasteiger partial charge on any atom is 0.416 e. The summed E-state index contributed by atoms with van der Waals surface area (Å²) in [5.41, 5.74) is 2.65. The molecular weight excluding hydrogens is 387 g/mol. The normalized spacial score (nSPS) is 17.0. The Labute approximate surface area is 165 Å². The van der Waals surface area contributed by atoms with E-state index in [1.54, 1.807) is 31.4 Å². The van der Waals surface area contributed by atoms with Crippen LogP contribution in [0.5, 0.6) is 5.75 Å². The third kappa shape index (κ3) is 4.92. The lowest BCUT2D eigenvalue weighted by molar-refractivity contribution is -0.137. The first-order chi connectivity index (χ1) is 13.8. The summed E-state index contributed by atoms with van der Waals surface area (Å²) in [5, 5.41) is 3.77. The molecule has 0 aliphatic carbocycles. The van der Waals surface area contributed by atoms with Gasteiger partial charge in [-0.2, -0.15) is 18.3 Å². The van der Waals surface area contributed by atoms with Crippen LogP contribution in [0.4, 0.5) is 18.9 Å². The molecule has 1 N–H and O–H groups in total. The van der Waals surface area contributed by atoms with Gasteiger partial charge in [-0.25, -0.2) is 5.43 Å². The van der Waals surface area contributed by atoms with E-state index in [-0.39, 0.29) is 18.9 Å². The molecule has 1 atom stereocenters. The maximum atomic E-state index is 12.5. The lowest BCUT2D eigenvalue weighted by atomic mass is 10.1. The molecule has 2 aromatic carbocycles. The summed E-state index contributed by atoms with van der Waals surface area (Å²) in [5.74, 6) is -0.527. The molecule has 0 saturated carbocycles. The van der Waals surface area contributed by atoms with E-state index in [0.717, 1.165) is 12.1 Å². The van der Waals surface area contributed by atoms with Crippen LogP contribution < -0.4 is 15.1 Å². The highest BCUT2D eigenvalue weighted by Crippen LogP contribution is 2.29. The number of methoxy groups -OCH3 is 1. The van der Waals surface area contributed by atoms with Gasteiger partial charge in [0.15, 0.2) is 0 Å². The number of alkyl halides is 3. The van der Waals surface area contributed by atoms with Crippen molar-refractivity contribution in [2.45, 2.75) is 12.6 Å². The van der Waals surface area contributed by atoms with Crippen LogP contribution in [0, 0.1) is 5.92 Å². The Balaban J connectivity index is 1.57. The van der Waals surface area contributed by atoms with Crippen molar-refractivity contribution in [3.8, 4) is 5.75 Å². The minimum Gasteiger partial charge on any atom is -0.497 e. The molecule has 1 aliphatic heterocycles. The average Bonchev–Trinajstić information content (AvgIpc) is 3.09. The number of hydrazone groups is 1. The molecular formula is C20H18F3N3O3. The topological polar surface area (TPSA) is 71.0 Å². The molecule has 152 valence electrons. The third-order valence-corrected chi connectivity index (χ3v) is 4.51. The fourth-order valence-electron chi connectivity index (χ4n) is 2.91. The zero-order valence-corrected chi connectivity index (χ0v) is 15.4. The lowest BCUT2D eigenvalue weighted by Gasteiger charge is -2.16. The van der Waals surface area contributed by atoms with E-state index in [2.05, 4.69) is 10.5 Å². The number of benzene rings is 2. The number of carbonyl (C=O) groups excluding carboxylic acids is 2. The molecule has 1 aliphatic rings. The molecule has 0 aromatic heterocycles. The first kappa shape index (κ1) is 20.4. The zero-order chi connectivity index (χ0) is 21.0. The van der Waals surface area contributed by atoms with E-state index in [9.17, 15) is 22.8 Å². The number of anilines is 1. The second kappa shape index (κ2) is 8.34. The van der Waals surface area contributed by atoms with Gasteiger partial charge >= 0.3 is 6.18 Å². The second-order valence-corrected chi connectivity index (χ2v) is 6.46. The molecule has 2 amide bonds. The molecule has 0 radical (unpaired) electrons. The highest BCUT2D eigenvalue weighted by Gasteiger charge is 2.35. The van der Waals surface area contributed by atoms with E-state index in [1.165, 1.54) is 23.2 Å². The zero-order valence-electron chi connectivity index (χ0n) is 15.4. The maximum absolute atomic E-state index is 12.5. The molecule has 2 aromatic rings. The number of halogens is 3. The predicted molar refractivity (Wildman–Crippen MR) is 101 cm³/mol. The number of ether oxygens (including phenoxy) is 1. The third-order valence-electron chi connectivity index (χ3n) is 4.51. The largest absolute Gasteiger partial charge is 0.497 e. The first-order valence-corrected chi connectivity index (χ1v) is 8.72. The van der Waals surface area contributed by atoms with E-state index in [1.807, 2.05) is 0 Å². The molecule has 6 nitrogen and oxygen atoms in total. The van der Waals surface area contributed by atoms with Crippen molar-refractivity contribution in [1.29, 1.82) is 0 Å². The van der Waals surface area contributed by atoms with Crippen LogP contribution in [0.25, 0.3) is 0 Å². The van der Waals surface area contributed by atoms with Crippen LogP contribution in [0.15, 0.2) is 53.6 Å². The fourth-order valence-corrected chi connectivity index (χ4v) is 2.91. The summed E-state index contributed by atoms with van der Waals surface area (Å²) in [7, 11) is 1.54. The van der Waals surface area contributed by atoms with Crippen LogP contribution in [-0.2, 0) is 15.8 Å². The predicted octanol–water partition coefficient (Wildman–Crippen LogP) is 3.22. The highest BCUT2D eigenvalue weighted by atomic mass is 19.4. The number of nitrogens with one attached hydrogen (secondary N) is 1. The summed E-state index contributed by atoms with van der Waals surface area (Å²) >= 11 is 0. The summed E-state index contributed by atoms with van der Waals surface area (Å²) in [4.78, 5) is 26.0. The minimum atomic E-state index is -4.41. The number of rotatable bonds is 5. The van der Waals surface area contributed by atoms with Crippen molar-refractivity contribution in [3.63, 3.8) is 0 Å². The highest BCUT2D eigenvalue weighted by molar-refractivity contribution is 6.00. The van der Waals surface area contributed by atoms with E-state index in [4.69, 9.17) is 4.74 Å². The van der Waals surface area contributed by atoms with Gasteiger partial charge in [0, 0.05) is 18.7 Å². The van der Waals surface area contributed by atoms with Gasteiger partial charge in [-0.15, -0.1) is 0 Å². The summed E-state index contributed by atoms with van der Waals surface area (Å²) in [6.45, 7) is 0.215. The van der Waals surface area contributed by atoms with Gasteiger partial charge < -0.3 is 9.64 Å². The molecule has 0 spiro atoms. The first-order valence-electron chi connectivity index (χ1n) is 8.72. The van der Waals surface area contributed by atoms with Gasteiger partial charge in [0.1, 0.15) is 5.75 Å². The quantitative estimate of drug-likeness (QED) is 0.613. The number of amides is 2. The molecule has 0 bridgehead atoms. The number of nitrogens with zero attached hydrogens (tertiary/aromatic N) is 2. The SMILES string of the molecule is COc1ccc(N2C[C@H](C(=O)N/N=C/c3ccc(C(F)(F)F)cc3)CC2=O)cc1. The van der Waals surface area contributed by atoms with Crippen LogP contribution in [-0.4, -0.2) is 31.7 Å². The molecule has 0 unspecified atom stereocenters. The minimum absolute atomic E-state index is 0.0493. The Hall–Kier alpha value is -3.36. The van der Waals surface area contributed by atoms with Crippen molar-refractivity contribution in [2.24, 2.45) is 11.0 Å². The second-order valence-electron chi connectivity index (χ2n) is 6.46. The van der Waals surface area contributed by atoms with Crippen molar-refractivity contribution in [2.75, 3.05) is 18.6 Å². The standard InChI is InChI=1S/C20H18F3N3O3/c1-29-17-8-6-16(7-9-17)26-12-14(10-18(26)27)19(28)25-24-11-13-2-4-15(5-3-13)20(21,22)23/h2-9,11,14H,10,12H2,1H3,(H,25,28)/b24-11+/t14-/m1/s1. The van der Waals surface area contributed by atoms with Gasteiger partial charge in [-0.1, -0.05) is 12.1 Å². The Morgan fingerprint density at radius 1 is 1.17 bits per heavy atom. The Morgan fingerprint density at radius 3 is 2.41 bits per heavy atom. The van der Waals surface area contributed by atoms with Crippen molar-refractivity contribution in [3.05, 3.63) is 59.7 Å². The van der Waals surface area contributed by atoms with E-state index >= 15 is 0 Å². The fraction of sp³-hybridized carbons (Fsp3) is 0.250.